The number of pyridine rings is 1. The average Bonchev–Trinajstić information content (AvgIpc) is 2.65. The first-order chi connectivity index (χ1) is 14.2. The number of aromatic nitrogens is 1. The van der Waals surface area contributed by atoms with E-state index in [0.29, 0.717) is 29.8 Å². The second-order valence-corrected chi connectivity index (χ2v) is 8.15. The van der Waals surface area contributed by atoms with Gasteiger partial charge in [0.25, 0.3) is 0 Å². The van der Waals surface area contributed by atoms with Crippen molar-refractivity contribution in [2.75, 3.05) is 5.32 Å². The van der Waals surface area contributed by atoms with E-state index >= 15 is 0 Å². The van der Waals surface area contributed by atoms with E-state index in [2.05, 4.69) is 15.6 Å². The van der Waals surface area contributed by atoms with E-state index in [0.717, 1.165) is 5.56 Å². The highest BCUT2D eigenvalue weighted by Gasteiger charge is 2.21. The second-order valence-electron chi connectivity index (χ2n) is 8.15. The molecule has 2 heterocycles. The quantitative estimate of drug-likeness (QED) is 0.638. The van der Waals surface area contributed by atoms with Gasteiger partial charge in [0.1, 0.15) is 11.4 Å². The fourth-order valence-corrected chi connectivity index (χ4v) is 3.16. The Morgan fingerprint density at radius 1 is 1.23 bits per heavy atom. The number of rotatable bonds is 1. The van der Waals surface area contributed by atoms with E-state index in [4.69, 9.17) is 4.74 Å². The molecule has 2 N–H and O–H groups in total. The normalized spacial score (nSPS) is 16.9. The minimum Gasteiger partial charge on any atom is -0.444 e. The van der Waals surface area contributed by atoms with Gasteiger partial charge < -0.3 is 15.4 Å². The molecule has 6 nitrogen and oxygen atoms in total. The summed E-state index contributed by atoms with van der Waals surface area (Å²) in [5, 5.41) is 5.67. The number of nitrogens with one attached hydrogen (secondary N) is 2. The molecule has 1 atom stereocenters. The van der Waals surface area contributed by atoms with Gasteiger partial charge >= 0.3 is 6.09 Å². The van der Waals surface area contributed by atoms with E-state index in [9.17, 15) is 14.0 Å². The molecule has 1 aromatic carbocycles. The number of nitrogens with zero attached hydrogens (tertiary/aromatic N) is 1. The molecule has 3 rings (SSSR count). The van der Waals surface area contributed by atoms with Crippen LogP contribution >= 0.6 is 0 Å². The Labute approximate surface area is 175 Å². The van der Waals surface area contributed by atoms with Crippen molar-refractivity contribution in [1.82, 2.24) is 10.3 Å². The fraction of sp³-hybridized carbons (Fsp3) is 0.348. The number of fused-ring (bicyclic) bond motifs is 4. The summed E-state index contributed by atoms with van der Waals surface area (Å²) in [7, 11) is 0. The van der Waals surface area contributed by atoms with Crippen molar-refractivity contribution in [3.8, 4) is 11.1 Å². The summed E-state index contributed by atoms with van der Waals surface area (Å²) in [5.74, 6) is -0.625. The number of alkyl carbamates (subject to hydrolysis) is 1. The van der Waals surface area contributed by atoms with Crippen LogP contribution in [0.3, 0.4) is 0 Å². The first kappa shape index (κ1) is 21.5. The number of carbonyl (C=O) groups excluding carboxylic acids is 2. The molecule has 0 fully saturated rings. The third-order valence-electron chi connectivity index (χ3n) is 4.47. The van der Waals surface area contributed by atoms with Gasteiger partial charge in [-0.2, -0.15) is 0 Å². The van der Waals surface area contributed by atoms with Crippen molar-refractivity contribution in [3.63, 3.8) is 0 Å². The molecule has 30 heavy (non-hydrogen) atoms. The van der Waals surface area contributed by atoms with Crippen LogP contribution in [0.5, 0.6) is 0 Å². The maximum absolute atomic E-state index is 13.8. The van der Waals surface area contributed by atoms with Gasteiger partial charge in [-0.3, -0.25) is 9.78 Å². The summed E-state index contributed by atoms with van der Waals surface area (Å²) in [6, 6.07) is 7.48. The van der Waals surface area contributed by atoms with Crippen LogP contribution in [0.1, 0.15) is 51.8 Å². The first-order valence-corrected chi connectivity index (χ1v) is 9.91. The monoisotopic (exact) mass is 411 g/mol. The molecule has 0 spiro atoms. The van der Waals surface area contributed by atoms with Crippen LogP contribution in [0.15, 0.2) is 48.7 Å². The Kier molecular flexibility index (Phi) is 6.50. The zero-order valence-electron chi connectivity index (χ0n) is 17.4. The topological polar surface area (TPSA) is 80.3 Å². The van der Waals surface area contributed by atoms with Gasteiger partial charge in [-0.1, -0.05) is 12.2 Å². The smallest absolute Gasteiger partial charge is 0.408 e. The molecular formula is C23H26FN3O3. The van der Waals surface area contributed by atoms with Crippen LogP contribution in [-0.4, -0.2) is 22.6 Å². The zero-order chi connectivity index (χ0) is 21.7. The highest BCUT2D eigenvalue weighted by Crippen LogP contribution is 2.31. The third kappa shape index (κ3) is 5.89. The van der Waals surface area contributed by atoms with Crippen LogP contribution in [0.4, 0.5) is 14.9 Å². The fourth-order valence-electron chi connectivity index (χ4n) is 3.16. The van der Waals surface area contributed by atoms with Crippen molar-refractivity contribution in [2.45, 2.75) is 51.7 Å². The Morgan fingerprint density at radius 3 is 2.80 bits per heavy atom. The lowest BCUT2D eigenvalue weighted by Crippen LogP contribution is -2.35. The minimum atomic E-state index is -0.618. The van der Waals surface area contributed by atoms with Crippen molar-refractivity contribution in [1.29, 1.82) is 0 Å². The van der Waals surface area contributed by atoms with Gasteiger partial charge in [-0.05, 0) is 69.5 Å². The molecule has 2 bridgehead atoms. The van der Waals surface area contributed by atoms with Crippen molar-refractivity contribution < 1.29 is 18.7 Å². The summed E-state index contributed by atoms with van der Waals surface area (Å²) >= 11 is 0. The lowest BCUT2D eigenvalue weighted by molar-refractivity contribution is -0.116. The maximum atomic E-state index is 13.8. The maximum Gasteiger partial charge on any atom is 0.408 e. The molecule has 1 aromatic heterocycles. The van der Waals surface area contributed by atoms with Gasteiger partial charge in [-0.25, -0.2) is 9.18 Å². The van der Waals surface area contributed by atoms with Crippen molar-refractivity contribution >= 4 is 17.7 Å². The SMILES string of the molecule is CC(C)(C)OC(=O)NC1CC=CCCC(=O)Nc2cc(F)ccc2-c2ccnc1c2. The lowest BCUT2D eigenvalue weighted by atomic mass is 10.0. The lowest BCUT2D eigenvalue weighted by Gasteiger charge is -2.23. The Bertz CT molecular complexity index is 966. The number of halogens is 1. The van der Waals surface area contributed by atoms with Crippen molar-refractivity contribution in [2.24, 2.45) is 0 Å². The van der Waals surface area contributed by atoms with Crippen LogP contribution in [-0.2, 0) is 9.53 Å². The van der Waals surface area contributed by atoms with Crippen LogP contribution in [0, 0.1) is 5.82 Å². The number of hydrogen-bond acceptors (Lipinski definition) is 4. The average molecular weight is 411 g/mol. The molecule has 1 aliphatic heterocycles. The number of benzene rings is 1. The van der Waals surface area contributed by atoms with Gasteiger partial charge in [0.15, 0.2) is 0 Å². The summed E-state index contributed by atoms with van der Waals surface area (Å²) in [5.41, 5.74) is 1.86. The Hall–Kier alpha value is -3.22. The number of allylic oxidation sites excluding steroid dienone is 1. The number of hydrogen-bond donors (Lipinski definition) is 2. The molecule has 2 amide bonds. The Morgan fingerprint density at radius 2 is 2.03 bits per heavy atom. The summed E-state index contributed by atoms with van der Waals surface area (Å²) < 4.78 is 19.2. The molecule has 0 radical (unpaired) electrons. The molecule has 1 unspecified atom stereocenters. The van der Waals surface area contributed by atoms with E-state index in [1.165, 1.54) is 12.1 Å². The number of anilines is 1. The summed E-state index contributed by atoms with van der Waals surface area (Å²) in [6.45, 7) is 5.40. The van der Waals surface area contributed by atoms with Gasteiger partial charge in [-0.15, -0.1) is 0 Å². The first-order valence-electron chi connectivity index (χ1n) is 9.91. The second kappa shape index (κ2) is 9.07. The van der Waals surface area contributed by atoms with E-state index in [1.54, 1.807) is 39.1 Å². The molecule has 158 valence electrons. The van der Waals surface area contributed by atoms with Gasteiger partial charge in [0.05, 0.1) is 17.4 Å². The van der Waals surface area contributed by atoms with Crippen LogP contribution in [0.2, 0.25) is 0 Å². The molecule has 2 aromatic rings. The highest BCUT2D eigenvalue weighted by molar-refractivity contribution is 5.95. The molecule has 0 aliphatic carbocycles. The van der Waals surface area contributed by atoms with Crippen LogP contribution in [0.25, 0.3) is 11.1 Å². The number of amides is 2. The van der Waals surface area contributed by atoms with Gasteiger partial charge in [0.2, 0.25) is 5.91 Å². The van der Waals surface area contributed by atoms with E-state index in [-0.39, 0.29) is 12.3 Å². The van der Waals surface area contributed by atoms with Gasteiger partial charge in [0, 0.05) is 18.2 Å². The third-order valence-corrected chi connectivity index (χ3v) is 4.47. The molecule has 7 heteroatoms. The Balaban J connectivity index is 1.99. The highest BCUT2D eigenvalue weighted by atomic mass is 19.1. The van der Waals surface area contributed by atoms with Crippen LogP contribution < -0.4 is 10.6 Å². The molecule has 1 aliphatic rings. The minimum absolute atomic E-state index is 0.191. The number of ether oxygens (including phenoxy) is 1. The van der Waals surface area contributed by atoms with E-state index < -0.39 is 23.6 Å². The predicted octanol–water partition coefficient (Wildman–Crippen LogP) is 5.13. The largest absolute Gasteiger partial charge is 0.444 e. The molecule has 0 saturated carbocycles. The number of carbonyl (C=O) groups is 2. The van der Waals surface area contributed by atoms with E-state index in [1.807, 2.05) is 18.2 Å². The molecule has 0 saturated heterocycles. The summed E-state index contributed by atoms with van der Waals surface area (Å²) in [4.78, 5) is 29.1. The zero-order valence-corrected chi connectivity index (χ0v) is 17.4. The predicted molar refractivity (Wildman–Crippen MR) is 113 cm³/mol. The van der Waals surface area contributed by atoms with Crippen molar-refractivity contribution in [3.05, 3.63) is 60.2 Å². The standard InChI is InChI=1S/C23H26FN3O3/c1-23(2,3)30-22(29)27-18-7-5-4-6-8-21(28)26-19-14-16(24)9-10-17(19)15-11-12-25-20(18)13-15/h4-5,9-14,18H,6-8H2,1-3H3,(H,26,28)(H,27,29). The molecular weight excluding hydrogens is 385 g/mol. The summed E-state index contributed by atoms with van der Waals surface area (Å²) in [6.07, 6.45) is 6.19.